The van der Waals surface area contributed by atoms with E-state index in [1.807, 2.05) is 6.07 Å². The Labute approximate surface area is 173 Å². The first-order valence-corrected chi connectivity index (χ1v) is 10.4. The van der Waals surface area contributed by atoms with Gasteiger partial charge in [0.1, 0.15) is 0 Å². The van der Waals surface area contributed by atoms with Gasteiger partial charge in [-0.25, -0.2) is 8.78 Å². The number of rotatable bonds is 7. The molecule has 1 heterocycles. The molecule has 2 radical (unpaired) electrons. The van der Waals surface area contributed by atoms with Gasteiger partial charge in [0.05, 0.1) is 19.5 Å². The summed E-state index contributed by atoms with van der Waals surface area (Å²) in [5.41, 5.74) is 3.33. The van der Waals surface area contributed by atoms with Gasteiger partial charge in [-0.2, -0.15) is 5.26 Å². The molecule has 1 aliphatic rings. The van der Waals surface area contributed by atoms with Crippen LogP contribution in [0.15, 0.2) is 42.5 Å². The third-order valence-electron chi connectivity index (χ3n) is 5.83. The molecule has 1 saturated heterocycles. The van der Waals surface area contributed by atoms with Gasteiger partial charge in [0.15, 0.2) is 0 Å². The third kappa shape index (κ3) is 5.38. The zero-order valence-corrected chi connectivity index (χ0v) is 17.0. The number of hydrogen-bond acceptors (Lipinski definition) is 2. The Morgan fingerprint density at radius 1 is 1.10 bits per heavy atom. The van der Waals surface area contributed by atoms with Crippen molar-refractivity contribution < 1.29 is 8.78 Å². The number of benzene rings is 2. The molecule has 1 aliphatic heterocycles. The minimum absolute atomic E-state index is 0.0442. The first-order valence-electron chi connectivity index (χ1n) is 10.4. The maximum absolute atomic E-state index is 13.9. The number of alkyl halides is 2. The molecule has 2 aromatic carbocycles. The standard InChI is InChI=1S/C24H27BF2N2/c1-24(26,27)23-16-22(10-9-21(23)17-28)29-14-11-20(12-15-29)19-7-5-18(6-8-19)4-2-3-13-25/h5-10,16,20H,2-4,11-15H2,1H3. The Morgan fingerprint density at radius 2 is 1.79 bits per heavy atom. The number of halogens is 2. The maximum atomic E-state index is 13.9. The molecule has 0 bridgehead atoms. The van der Waals surface area contributed by atoms with Crippen LogP contribution >= 0.6 is 0 Å². The summed E-state index contributed by atoms with van der Waals surface area (Å²) in [5, 5.41) is 9.12. The molecule has 2 nitrogen and oxygen atoms in total. The molecular weight excluding hydrogens is 365 g/mol. The summed E-state index contributed by atoms with van der Waals surface area (Å²) in [7, 11) is 5.56. The van der Waals surface area contributed by atoms with Gasteiger partial charge >= 0.3 is 0 Å². The predicted octanol–water partition coefficient (Wildman–Crippen LogP) is 5.96. The molecule has 0 spiro atoms. The Hall–Kier alpha value is -2.35. The fraction of sp³-hybridized carbons (Fsp3) is 0.458. The quantitative estimate of drug-likeness (QED) is 0.429. The van der Waals surface area contributed by atoms with E-state index in [9.17, 15) is 8.78 Å². The zero-order valence-electron chi connectivity index (χ0n) is 17.0. The summed E-state index contributed by atoms with van der Waals surface area (Å²) in [6.07, 6.45) is 5.97. The van der Waals surface area contributed by atoms with Crippen molar-refractivity contribution in [3.05, 3.63) is 64.7 Å². The van der Waals surface area contributed by atoms with E-state index in [1.54, 1.807) is 6.07 Å². The third-order valence-corrected chi connectivity index (χ3v) is 5.83. The van der Waals surface area contributed by atoms with Gasteiger partial charge in [-0.3, -0.25) is 0 Å². The van der Waals surface area contributed by atoms with Crippen molar-refractivity contribution in [1.29, 1.82) is 5.26 Å². The van der Waals surface area contributed by atoms with Gasteiger partial charge in [0.25, 0.3) is 5.92 Å². The van der Waals surface area contributed by atoms with Crippen LogP contribution in [0, 0.1) is 11.3 Å². The Bertz CT molecular complexity index is 845. The van der Waals surface area contributed by atoms with Crippen LogP contribution in [-0.4, -0.2) is 20.9 Å². The zero-order chi connectivity index (χ0) is 20.9. The van der Waals surface area contributed by atoms with Crippen molar-refractivity contribution in [1.82, 2.24) is 0 Å². The lowest BCUT2D eigenvalue weighted by Gasteiger charge is -2.34. The molecule has 0 atom stereocenters. The Morgan fingerprint density at radius 3 is 2.38 bits per heavy atom. The highest BCUT2D eigenvalue weighted by molar-refractivity contribution is 6.08. The van der Waals surface area contributed by atoms with E-state index in [1.165, 1.54) is 23.3 Å². The van der Waals surface area contributed by atoms with Crippen molar-refractivity contribution in [2.45, 2.75) is 57.2 Å². The maximum Gasteiger partial charge on any atom is 0.271 e. The van der Waals surface area contributed by atoms with Crippen LogP contribution in [0.25, 0.3) is 0 Å². The van der Waals surface area contributed by atoms with Gasteiger partial charge in [0.2, 0.25) is 0 Å². The van der Waals surface area contributed by atoms with Gasteiger partial charge in [-0.15, -0.1) is 0 Å². The number of unbranched alkanes of at least 4 members (excludes halogenated alkanes) is 1. The predicted molar refractivity (Wildman–Crippen MR) is 115 cm³/mol. The molecule has 0 saturated carbocycles. The van der Waals surface area contributed by atoms with Crippen molar-refractivity contribution in [3.63, 3.8) is 0 Å². The summed E-state index contributed by atoms with van der Waals surface area (Å²) in [4.78, 5) is 2.15. The average molecular weight is 392 g/mol. The largest absolute Gasteiger partial charge is 0.371 e. The van der Waals surface area contributed by atoms with Gasteiger partial charge in [-0.05, 0) is 60.9 Å². The SMILES string of the molecule is [B]CCCCc1ccc(C2CCN(c3ccc(C#N)c(C(C)(F)F)c3)CC2)cc1. The van der Waals surface area contributed by atoms with Crippen LogP contribution in [0.5, 0.6) is 0 Å². The molecule has 150 valence electrons. The van der Waals surface area contributed by atoms with E-state index in [4.69, 9.17) is 13.1 Å². The van der Waals surface area contributed by atoms with Crippen LogP contribution < -0.4 is 4.90 Å². The molecular formula is C24H27BF2N2. The molecule has 0 N–H and O–H groups in total. The minimum Gasteiger partial charge on any atom is -0.371 e. The number of aryl methyl sites for hydroxylation is 1. The minimum atomic E-state index is -3.02. The highest BCUT2D eigenvalue weighted by atomic mass is 19.3. The van der Waals surface area contributed by atoms with E-state index in [0.29, 0.717) is 5.92 Å². The number of nitrogens with zero attached hydrogens (tertiary/aromatic N) is 2. The molecule has 1 fully saturated rings. The molecule has 0 amide bonds. The van der Waals surface area contributed by atoms with Crippen LogP contribution in [0.1, 0.15) is 60.8 Å². The highest BCUT2D eigenvalue weighted by Gasteiger charge is 2.29. The van der Waals surface area contributed by atoms with Crippen LogP contribution in [0.2, 0.25) is 6.32 Å². The first-order chi connectivity index (χ1) is 13.9. The molecule has 0 aliphatic carbocycles. The number of piperidine rings is 1. The first kappa shape index (κ1) is 21.4. The molecule has 5 heteroatoms. The summed E-state index contributed by atoms with van der Waals surface area (Å²) in [5.74, 6) is -2.53. The summed E-state index contributed by atoms with van der Waals surface area (Å²) < 4.78 is 27.8. The highest BCUT2D eigenvalue weighted by Crippen LogP contribution is 2.35. The lowest BCUT2D eigenvalue weighted by Crippen LogP contribution is -2.33. The second-order valence-corrected chi connectivity index (χ2v) is 7.98. The lowest BCUT2D eigenvalue weighted by atomic mass is 9.88. The number of hydrogen-bond donors (Lipinski definition) is 0. The van der Waals surface area contributed by atoms with Crippen molar-refractivity contribution in [2.24, 2.45) is 0 Å². The van der Waals surface area contributed by atoms with Gasteiger partial charge in [-0.1, -0.05) is 37.0 Å². The van der Waals surface area contributed by atoms with Crippen LogP contribution in [0.3, 0.4) is 0 Å². The summed E-state index contributed by atoms with van der Waals surface area (Å²) in [6.45, 7) is 2.49. The normalized spacial score (nSPS) is 15.3. The Kier molecular flexibility index (Phi) is 6.95. The average Bonchev–Trinajstić information content (AvgIpc) is 2.73. The van der Waals surface area contributed by atoms with E-state index in [0.717, 1.165) is 64.1 Å². The van der Waals surface area contributed by atoms with Gasteiger partial charge in [0, 0.05) is 31.3 Å². The molecule has 0 aromatic heterocycles. The molecule has 0 unspecified atom stereocenters. The van der Waals surface area contributed by atoms with Crippen molar-refractivity contribution in [2.75, 3.05) is 18.0 Å². The van der Waals surface area contributed by atoms with Crippen molar-refractivity contribution >= 4 is 13.5 Å². The second-order valence-electron chi connectivity index (χ2n) is 7.98. The van der Waals surface area contributed by atoms with E-state index >= 15 is 0 Å². The summed E-state index contributed by atoms with van der Waals surface area (Å²) in [6, 6.07) is 15.5. The monoisotopic (exact) mass is 392 g/mol. The van der Waals surface area contributed by atoms with Crippen LogP contribution in [0.4, 0.5) is 14.5 Å². The fourth-order valence-electron chi connectivity index (χ4n) is 4.09. The smallest absolute Gasteiger partial charge is 0.271 e. The lowest BCUT2D eigenvalue weighted by molar-refractivity contribution is 0.0172. The van der Waals surface area contributed by atoms with Crippen LogP contribution in [-0.2, 0) is 12.3 Å². The van der Waals surface area contributed by atoms with E-state index in [-0.39, 0.29) is 11.1 Å². The molecule has 2 aromatic rings. The summed E-state index contributed by atoms with van der Waals surface area (Å²) >= 11 is 0. The van der Waals surface area contributed by atoms with Gasteiger partial charge < -0.3 is 4.90 Å². The fourth-order valence-corrected chi connectivity index (χ4v) is 4.09. The topological polar surface area (TPSA) is 27.0 Å². The van der Waals surface area contributed by atoms with E-state index < -0.39 is 5.92 Å². The number of nitriles is 1. The number of anilines is 1. The van der Waals surface area contributed by atoms with E-state index in [2.05, 4.69) is 29.2 Å². The second kappa shape index (κ2) is 9.44. The Balaban J connectivity index is 1.63. The molecule has 3 rings (SSSR count). The van der Waals surface area contributed by atoms with Crippen molar-refractivity contribution in [3.8, 4) is 6.07 Å². The molecule has 29 heavy (non-hydrogen) atoms.